The second-order valence-electron chi connectivity index (χ2n) is 4.86. The van der Waals surface area contributed by atoms with E-state index in [1.54, 1.807) is 13.2 Å². The Morgan fingerprint density at radius 2 is 1.90 bits per heavy atom. The first-order valence-corrected chi connectivity index (χ1v) is 7.03. The first-order chi connectivity index (χ1) is 10.1. The van der Waals surface area contributed by atoms with Crippen molar-refractivity contribution in [2.45, 2.75) is 18.9 Å². The Bertz CT molecular complexity index is 589. The Morgan fingerprint density at radius 1 is 1.19 bits per heavy atom. The Hall–Kier alpha value is -1.62. The maximum atomic E-state index is 13.8. The molecule has 112 valence electrons. The summed E-state index contributed by atoms with van der Waals surface area (Å²) in [7, 11) is 1.63. The highest BCUT2D eigenvalue weighted by molar-refractivity contribution is 6.30. The molecule has 3 N–H and O–H groups in total. The van der Waals surface area contributed by atoms with Crippen LogP contribution in [0.15, 0.2) is 42.5 Å². The highest BCUT2D eigenvalue weighted by atomic mass is 35.5. The van der Waals surface area contributed by atoms with Crippen LogP contribution in [0.3, 0.4) is 0 Å². The fourth-order valence-electron chi connectivity index (χ4n) is 2.20. The number of methoxy groups -OCH3 is 1. The fourth-order valence-corrected chi connectivity index (χ4v) is 2.40. The zero-order chi connectivity index (χ0) is 15.2. The number of rotatable bonds is 6. The molecule has 5 heteroatoms. The van der Waals surface area contributed by atoms with Gasteiger partial charge in [0.05, 0.1) is 7.11 Å². The van der Waals surface area contributed by atoms with Gasteiger partial charge < -0.3 is 4.74 Å². The molecule has 1 atom stereocenters. The maximum Gasteiger partial charge on any atom is 0.126 e. The second kappa shape index (κ2) is 7.41. The molecular formula is C16H18ClFN2O. The summed E-state index contributed by atoms with van der Waals surface area (Å²) in [6, 6.07) is 12.2. The molecule has 0 fully saturated rings. The lowest BCUT2D eigenvalue weighted by Crippen LogP contribution is -2.38. The minimum absolute atomic E-state index is 0.0774. The van der Waals surface area contributed by atoms with E-state index in [1.165, 1.54) is 12.1 Å². The van der Waals surface area contributed by atoms with Crippen LogP contribution in [-0.4, -0.2) is 13.2 Å². The van der Waals surface area contributed by atoms with Crippen LogP contribution >= 0.6 is 11.6 Å². The molecule has 0 spiro atoms. The molecule has 0 heterocycles. The summed E-state index contributed by atoms with van der Waals surface area (Å²) in [5.41, 5.74) is 4.39. The lowest BCUT2D eigenvalue weighted by Gasteiger charge is -2.17. The predicted octanol–water partition coefficient (Wildman–Crippen LogP) is 3.10. The number of halogens is 2. The Kier molecular flexibility index (Phi) is 5.56. The van der Waals surface area contributed by atoms with Crippen LogP contribution in [0.2, 0.25) is 5.02 Å². The van der Waals surface area contributed by atoms with E-state index in [0.29, 0.717) is 23.4 Å². The van der Waals surface area contributed by atoms with E-state index in [-0.39, 0.29) is 11.9 Å². The van der Waals surface area contributed by atoms with E-state index < -0.39 is 0 Å². The van der Waals surface area contributed by atoms with Crippen LogP contribution in [0.1, 0.15) is 11.1 Å². The number of hydrogen-bond acceptors (Lipinski definition) is 3. The molecular weight excluding hydrogens is 291 g/mol. The van der Waals surface area contributed by atoms with Crippen LogP contribution in [0.5, 0.6) is 5.75 Å². The average Bonchev–Trinajstić information content (AvgIpc) is 2.51. The van der Waals surface area contributed by atoms with Crippen molar-refractivity contribution in [2.75, 3.05) is 7.11 Å². The van der Waals surface area contributed by atoms with Gasteiger partial charge in [-0.3, -0.25) is 11.3 Å². The van der Waals surface area contributed by atoms with Gasteiger partial charge in [-0.1, -0.05) is 23.7 Å². The summed E-state index contributed by atoms with van der Waals surface area (Å²) >= 11 is 5.90. The molecule has 0 radical (unpaired) electrons. The molecule has 2 aromatic rings. The Morgan fingerprint density at radius 3 is 2.52 bits per heavy atom. The molecule has 0 saturated carbocycles. The van der Waals surface area contributed by atoms with Gasteiger partial charge >= 0.3 is 0 Å². The minimum Gasteiger partial charge on any atom is -0.497 e. The SMILES string of the molecule is COc1ccc(CC(Cc2cc(Cl)ccc2F)NN)cc1. The average molecular weight is 309 g/mol. The van der Waals surface area contributed by atoms with Gasteiger partial charge in [0.2, 0.25) is 0 Å². The molecule has 2 rings (SSSR count). The van der Waals surface area contributed by atoms with E-state index in [0.717, 1.165) is 11.3 Å². The lowest BCUT2D eigenvalue weighted by molar-refractivity contribution is 0.414. The van der Waals surface area contributed by atoms with Crippen molar-refractivity contribution < 1.29 is 9.13 Å². The van der Waals surface area contributed by atoms with E-state index in [1.807, 2.05) is 24.3 Å². The summed E-state index contributed by atoms with van der Waals surface area (Å²) in [4.78, 5) is 0. The summed E-state index contributed by atoms with van der Waals surface area (Å²) in [6.07, 6.45) is 1.15. The monoisotopic (exact) mass is 308 g/mol. The maximum absolute atomic E-state index is 13.8. The number of hydrogen-bond donors (Lipinski definition) is 2. The highest BCUT2D eigenvalue weighted by Crippen LogP contribution is 2.18. The molecule has 0 aliphatic rings. The first-order valence-electron chi connectivity index (χ1n) is 6.65. The zero-order valence-electron chi connectivity index (χ0n) is 11.8. The van der Waals surface area contributed by atoms with Gasteiger partial charge in [-0.15, -0.1) is 0 Å². The number of nitrogens with two attached hydrogens (primary N) is 1. The van der Waals surface area contributed by atoms with Gasteiger partial charge in [-0.05, 0) is 54.3 Å². The standard InChI is InChI=1S/C16H18ClFN2O/c1-21-15-5-2-11(3-6-15)8-14(20-19)10-12-9-13(17)4-7-16(12)18/h2-7,9,14,20H,8,10,19H2,1H3. The first kappa shape index (κ1) is 15.8. The van der Waals surface area contributed by atoms with Crippen LogP contribution in [0, 0.1) is 5.82 Å². The Balaban J connectivity index is 2.07. The number of hydrazine groups is 1. The number of benzene rings is 2. The van der Waals surface area contributed by atoms with Crippen molar-refractivity contribution in [1.82, 2.24) is 5.43 Å². The van der Waals surface area contributed by atoms with Crippen molar-refractivity contribution in [3.8, 4) is 5.75 Å². The van der Waals surface area contributed by atoms with Gasteiger partial charge in [0.25, 0.3) is 0 Å². The van der Waals surface area contributed by atoms with Gasteiger partial charge in [0.1, 0.15) is 11.6 Å². The summed E-state index contributed by atoms with van der Waals surface area (Å²) in [5.74, 6) is 6.12. The second-order valence-corrected chi connectivity index (χ2v) is 5.29. The predicted molar refractivity (Wildman–Crippen MR) is 82.9 cm³/mol. The van der Waals surface area contributed by atoms with Crippen molar-refractivity contribution in [3.05, 3.63) is 64.4 Å². The highest BCUT2D eigenvalue weighted by Gasteiger charge is 2.12. The molecule has 0 aromatic heterocycles. The molecule has 2 aromatic carbocycles. The third kappa shape index (κ3) is 4.43. The van der Waals surface area contributed by atoms with Crippen molar-refractivity contribution in [1.29, 1.82) is 0 Å². The third-order valence-corrected chi connectivity index (χ3v) is 3.59. The van der Waals surface area contributed by atoms with Crippen molar-refractivity contribution in [2.24, 2.45) is 5.84 Å². The zero-order valence-corrected chi connectivity index (χ0v) is 12.5. The van der Waals surface area contributed by atoms with Gasteiger partial charge in [0, 0.05) is 11.1 Å². The number of nitrogens with one attached hydrogen (secondary N) is 1. The van der Waals surface area contributed by atoms with Gasteiger partial charge in [-0.25, -0.2) is 4.39 Å². The van der Waals surface area contributed by atoms with Gasteiger partial charge in [-0.2, -0.15) is 0 Å². The van der Waals surface area contributed by atoms with Gasteiger partial charge in [0.15, 0.2) is 0 Å². The minimum atomic E-state index is -0.269. The van der Waals surface area contributed by atoms with Crippen LogP contribution in [0.25, 0.3) is 0 Å². The van der Waals surface area contributed by atoms with E-state index >= 15 is 0 Å². The molecule has 3 nitrogen and oxygen atoms in total. The summed E-state index contributed by atoms with van der Waals surface area (Å²) in [5, 5.41) is 0.520. The molecule has 21 heavy (non-hydrogen) atoms. The molecule has 0 saturated heterocycles. The van der Waals surface area contributed by atoms with E-state index in [2.05, 4.69) is 5.43 Å². The molecule has 0 bridgehead atoms. The largest absolute Gasteiger partial charge is 0.497 e. The normalized spacial score (nSPS) is 12.2. The molecule has 0 aliphatic carbocycles. The molecule has 0 amide bonds. The molecule has 0 aliphatic heterocycles. The quantitative estimate of drug-likeness (QED) is 0.637. The summed E-state index contributed by atoms with van der Waals surface area (Å²) < 4.78 is 18.9. The van der Waals surface area contributed by atoms with E-state index in [9.17, 15) is 4.39 Å². The van der Waals surface area contributed by atoms with Crippen molar-refractivity contribution in [3.63, 3.8) is 0 Å². The number of ether oxygens (including phenoxy) is 1. The van der Waals surface area contributed by atoms with Crippen LogP contribution < -0.4 is 16.0 Å². The molecule has 1 unspecified atom stereocenters. The Labute approximate surface area is 128 Å². The van der Waals surface area contributed by atoms with Crippen LogP contribution in [0.4, 0.5) is 4.39 Å². The lowest BCUT2D eigenvalue weighted by atomic mass is 9.99. The fraction of sp³-hybridized carbons (Fsp3) is 0.250. The smallest absolute Gasteiger partial charge is 0.126 e. The third-order valence-electron chi connectivity index (χ3n) is 3.35. The van der Waals surface area contributed by atoms with Crippen LogP contribution in [-0.2, 0) is 12.8 Å². The van der Waals surface area contributed by atoms with E-state index in [4.69, 9.17) is 22.2 Å². The summed E-state index contributed by atoms with van der Waals surface area (Å²) in [6.45, 7) is 0. The van der Waals surface area contributed by atoms with Crippen molar-refractivity contribution >= 4 is 11.6 Å². The topological polar surface area (TPSA) is 47.3 Å².